The van der Waals surface area contributed by atoms with E-state index in [0.29, 0.717) is 26.1 Å². The summed E-state index contributed by atoms with van der Waals surface area (Å²) in [7, 11) is 1.99. The molecule has 2 heterocycles. The van der Waals surface area contributed by atoms with Crippen LogP contribution in [0.5, 0.6) is 5.75 Å². The van der Waals surface area contributed by atoms with Crippen molar-refractivity contribution in [3.63, 3.8) is 0 Å². The maximum absolute atomic E-state index is 12.5. The zero-order valence-corrected chi connectivity index (χ0v) is 15.8. The van der Waals surface area contributed by atoms with Gasteiger partial charge in [0, 0.05) is 45.6 Å². The number of rotatable bonds is 4. The molecule has 0 bridgehead atoms. The summed E-state index contributed by atoms with van der Waals surface area (Å²) in [6, 6.07) is 7.82. The van der Waals surface area contributed by atoms with Gasteiger partial charge in [-0.25, -0.2) is 8.42 Å². The van der Waals surface area contributed by atoms with Crippen LogP contribution in [0.3, 0.4) is 0 Å². The molecule has 0 saturated carbocycles. The van der Waals surface area contributed by atoms with Gasteiger partial charge in [-0.1, -0.05) is 12.1 Å². The van der Waals surface area contributed by atoms with E-state index in [1.165, 1.54) is 0 Å². The van der Waals surface area contributed by atoms with Crippen molar-refractivity contribution in [2.45, 2.75) is 18.2 Å². The van der Waals surface area contributed by atoms with Gasteiger partial charge in [0.05, 0.1) is 18.1 Å². The fourth-order valence-corrected chi connectivity index (χ4v) is 6.19. The summed E-state index contributed by atoms with van der Waals surface area (Å²) in [5.41, 5.74) is 1.12. The van der Waals surface area contributed by atoms with Gasteiger partial charge in [0.15, 0.2) is 9.84 Å². The first-order chi connectivity index (χ1) is 11.8. The van der Waals surface area contributed by atoms with Crippen LogP contribution in [0.2, 0.25) is 0 Å². The Kier molecular flexibility index (Phi) is 5.06. The summed E-state index contributed by atoms with van der Waals surface area (Å²) in [5.74, 6) is 0.681. The average molecular weight is 366 g/mol. The van der Waals surface area contributed by atoms with E-state index in [1.54, 1.807) is 26.1 Å². The van der Waals surface area contributed by atoms with Gasteiger partial charge in [0.2, 0.25) is 5.91 Å². The third-order valence-electron chi connectivity index (χ3n) is 5.40. The molecule has 2 aliphatic heterocycles. The highest BCUT2D eigenvalue weighted by atomic mass is 32.2. The molecular formula is C18H26N2O4S. The number of likely N-dealkylation sites (tertiary alicyclic amines) is 1. The van der Waals surface area contributed by atoms with Crippen molar-refractivity contribution in [2.24, 2.45) is 11.8 Å². The SMILES string of the molecule is COc1ccc(CN2C[C@@H]3[C@@H](C(=O)N(C)C)CCS(=O)(=O)[C@@H]3C2)cc1. The number of ether oxygens (including phenoxy) is 1. The first-order valence-electron chi connectivity index (χ1n) is 8.60. The van der Waals surface area contributed by atoms with Gasteiger partial charge < -0.3 is 9.64 Å². The fraction of sp³-hybridized carbons (Fsp3) is 0.611. The summed E-state index contributed by atoms with van der Waals surface area (Å²) >= 11 is 0. The Morgan fingerprint density at radius 3 is 2.52 bits per heavy atom. The monoisotopic (exact) mass is 366 g/mol. The number of sulfone groups is 1. The number of hydrogen-bond donors (Lipinski definition) is 0. The lowest BCUT2D eigenvalue weighted by Crippen LogP contribution is -2.46. The van der Waals surface area contributed by atoms with Gasteiger partial charge in [-0.05, 0) is 24.1 Å². The van der Waals surface area contributed by atoms with Crippen molar-refractivity contribution in [1.29, 1.82) is 0 Å². The van der Waals surface area contributed by atoms with Crippen LogP contribution in [0.4, 0.5) is 0 Å². The zero-order chi connectivity index (χ0) is 18.2. The van der Waals surface area contributed by atoms with Gasteiger partial charge in [-0.15, -0.1) is 0 Å². The third-order valence-corrected chi connectivity index (χ3v) is 7.63. The molecule has 0 aromatic heterocycles. The molecule has 0 N–H and O–H groups in total. The number of hydrogen-bond acceptors (Lipinski definition) is 5. The highest BCUT2D eigenvalue weighted by Gasteiger charge is 2.50. The highest BCUT2D eigenvalue weighted by molar-refractivity contribution is 7.92. The molecule has 3 rings (SSSR count). The van der Waals surface area contributed by atoms with Gasteiger partial charge in [-0.3, -0.25) is 9.69 Å². The van der Waals surface area contributed by atoms with E-state index in [-0.39, 0.29) is 23.5 Å². The van der Waals surface area contributed by atoms with E-state index in [0.717, 1.165) is 11.3 Å². The van der Waals surface area contributed by atoms with E-state index in [9.17, 15) is 13.2 Å². The summed E-state index contributed by atoms with van der Waals surface area (Å²) in [6.07, 6.45) is 0.441. The van der Waals surface area contributed by atoms with Gasteiger partial charge in [-0.2, -0.15) is 0 Å². The molecule has 1 aromatic rings. The second kappa shape index (κ2) is 6.96. The number of carbonyl (C=O) groups excluding carboxylic acids is 1. The van der Waals surface area contributed by atoms with Crippen LogP contribution in [0.1, 0.15) is 12.0 Å². The highest BCUT2D eigenvalue weighted by Crippen LogP contribution is 2.38. The lowest BCUT2D eigenvalue weighted by molar-refractivity contribution is -0.134. The van der Waals surface area contributed by atoms with E-state index < -0.39 is 15.1 Å². The maximum atomic E-state index is 12.5. The number of benzene rings is 1. The third kappa shape index (κ3) is 3.67. The van der Waals surface area contributed by atoms with Crippen molar-refractivity contribution in [2.75, 3.05) is 40.0 Å². The molecule has 2 saturated heterocycles. The molecule has 0 unspecified atom stereocenters. The molecule has 1 amide bonds. The molecule has 2 aliphatic rings. The summed E-state index contributed by atoms with van der Waals surface area (Å²) in [5, 5.41) is -0.423. The number of fused-ring (bicyclic) bond motifs is 1. The minimum absolute atomic E-state index is 0.0520. The lowest BCUT2D eigenvalue weighted by Gasteiger charge is -2.33. The lowest BCUT2D eigenvalue weighted by atomic mass is 9.87. The second-order valence-corrected chi connectivity index (χ2v) is 9.58. The smallest absolute Gasteiger partial charge is 0.225 e. The van der Waals surface area contributed by atoms with Gasteiger partial charge in [0.1, 0.15) is 5.75 Å². The predicted octanol–water partition coefficient (Wildman–Crippen LogP) is 1.02. The van der Waals surface area contributed by atoms with Crippen molar-refractivity contribution >= 4 is 15.7 Å². The van der Waals surface area contributed by atoms with Gasteiger partial charge >= 0.3 is 0 Å². The summed E-state index contributed by atoms with van der Waals surface area (Å²) in [4.78, 5) is 16.2. The summed E-state index contributed by atoms with van der Waals surface area (Å²) in [6.45, 7) is 1.85. The molecule has 6 nitrogen and oxygen atoms in total. The Morgan fingerprint density at radius 2 is 1.92 bits per heavy atom. The average Bonchev–Trinajstić information content (AvgIpc) is 3.00. The molecule has 0 radical (unpaired) electrons. The quantitative estimate of drug-likeness (QED) is 0.796. The summed E-state index contributed by atoms with van der Waals surface area (Å²) < 4.78 is 30.2. The maximum Gasteiger partial charge on any atom is 0.225 e. The van der Waals surface area contributed by atoms with Crippen LogP contribution in [0, 0.1) is 11.8 Å². The first kappa shape index (κ1) is 18.2. The Morgan fingerprint density at radius 1 is 1.24 bits per heavy atom. The topological polar surface area (TPSA) is 66.9 Å². The van der Waals surface area contributed by atoms with Crippen LogP contribution in [0.15, 0.2) is 24.3 Å². The minimum Gasteiger partial charge on any atom is -0.497 e. The number of nitrogens with zero attached hydrogens (tertiary/aromatic N) is 2. The molecule has 3 atom stereocenters. The number of methoxy groups -OCH3 is 1. The fourth-order valence-electron chi connectivity index (χ4n) is 4.06. The van der Waals surface area contributed by atoms with Gasteiger partial charge in [0.25, 0.3) is 0 Å². The van der Waals surface area contributed by atoms with Crippen molar-refractivity contribution < 1.29 is 17.9 Å². The van der Waals surface area contributed by atoms with Crippen molar-refractivity contribution in [3.8, 4) is 5.75 Å². The Balaban J connectivity index is 1.76. The van der Waals surface area contributed by atoms with Crippen LogP contribution >= 0.6 is 0 Å². The van der Waals surface area contributed by atoms with Crippen molar-refractivity contribution in [3.05, 3.63) is 29.8 Å². The Labute approximate surface area is 149 Å². The van der Waals surface area contributed by atoms with Crippen LogP contribution in [-0.2, 0) is 21.2 Å². The molecule has 0 spiro atoms. The second-order valence-electron chi connectivity index (χ2n) is 7.24. The first-order valence-corrected chi connectivity index (χ1v) is 10.3. The van der Waals surface area contributed by atoms with E-state index in [2.05, 4.69) is 4.90 Å². The molecule has 7 heteroatoms. The molecule has 25 heavy (non-hydrogen) atoms. The molecule has 0 aliphatic carbocycles. The molecular weight excluding hydrogens is 340 g/mol. The van der Waals surface area contributed by atoms with E-state index >= 15 is 0 Å². The largest absolute Gasteiger partial charge is 0.497 e. The molecule has 138 valence electrons. The number of carbonyl (C=O) groups is 1. The molecule has 2 fully saturated rings. The van der Waals surface area contributed by atoms with Crippen molar-refractivity contribution in [1.82, 2.24) is 9.80 Å². The standard InChI is InChI=1S/C18H26N2O4S/c1-19(2)18(21)15-8-9-25(22,23)17-12-20(11-16(15)17)10-13-4-6-14(24-3)7-5-13/h4-7,15-17H,8-12H2,1-3H3/t15-,16+,17+/m0/s1. The molecule has 1 aromatic carbocycles. The minimum atomic E-state index is -3.12. The zero-order valence-electron chi connectivity index (χ0n) is 15.0. The van der Waals surface area contributed by atoms with Crippen LogP contribution in [-0.4, -0.2) is 69.4 Å². The Hall–Kier alpha value is -1.60. The van der Waals surface area contributed by atoms with E-state index in [4.69, 9.17) is 4.74 Å². The number of amides is 1. The predicted molar refractivity (Wildman–Crippen MR) is 96.1 cm³/mol. The normalized spacial score (nSPS) is 28.4. The Bertz CT molecular complexity index is 730. The van der Waals surface area contributed by atoms with Crippen LogP contribution < -0.4 is 4.74 Å². The van der Waals surface area contributed by atoms with Crippen LogP contribution in [0.25, 0.3) is 0 Å². The van der Waals surface area contributed by atoms with E-state index in [1.807, 2.05) is 24.3 Å².